The van der Waals surface area contributed by atoms with E-state index in [1.165, 1.54) is 4.90 Å². The second kappa shape index (κ2) is 8.32. The SMILES string of the molecule is C/C(=N/OC[C@@H](O)C[NH+]1CCOCC1)[C@@H]1COc2ccccc2O1. The minimum Gasteiger partial charge on any atom is -0.485 e. The van der Waals surface area contributed by atoms with E-state index in [4.69, 9.17) is 19.0 Å². The van der Waals surface area contributed by atoms with Crippen LogP contribution < -0.4 is 14.4 Å². The Hall–Kier alpha value is -1.83. The molecule has 1 aromatic rings. The lowest BCUT2D eigenvalue weighted by Crippen LogP contribution is -3.15. The van der Waals surface area contributed by atoms with Crippen molar-refractivity contribution < 1.29 is 29.1 Å². The molecule has 1 fully saturated rings. The molecule has 7 nitrogen and oxygen atoms in total. The molecule has 7 heteroatoms. The van der Waals surface area contributed by atoms with Gasteiger partial charge >= 0.3 is 0 Å². The van der Waals surface area contributed by atoms with Crippen LogP contribution in [-0.4, -0.2) is 69.1 Å². The molecule has 24 heavy (non-hydrogen) atoms. The molecule has 0 unspecified atom stereocenters. The van der Waals surface area contributed by atoms with E-state index in [1.54, 1.807) is 0 Å². The molecule has 1 saturated heterocycles. The summed E-state index contributed by atoms with van der Waals surface area (Å²) in [6, 6.07) is 7.55. The van der Waals surface area contributed by atoms with Crippen LogP contribution in [0.2, 0.25) is 0 Å². The zero-order valence-corrected chi connectivity index (χ0v) is 13.9. The lowest BCUT2D eigenvalue weighted by molar-refractivity contribution is -0.911. The van der Waals surface area contributed by atoms with E-state index in [2.05, 4.69) is 5.16 Å². The van der Waals surface area contributed by atoms with Crippen molar-refractivity contribution >= 4 is 5.71 Å². The second-order valence-electron chi connectivity index (χ2n) is 6.11. The van der Waals surface area contributed by atoms with Gasteiger partial charge in [-0.1, -0.05) is 17.3 Å². The number of aliphatic hydroxyl groups excluding tert-OH is 1. The molecule has 0 aromatic heterocycles. The molecule has 0 spiro atoms. The Morgan fingerprint density at radius 1 is 1.33 bits per heavy atom. The summed E-state index contributed by atoms with van der Waals surface area (Å²) in [4.78, 5) is 6.63. The Bertz CT molecular complexity index is 560. The number of hydrogen-bond donors (Lipinski definition) is 2. The minimum atomic E-state index is -0.543. The Labute approximate surface area is 141 Å². The average Bonchev–Trinajstić information content (AvgIpc) is 2.62. The smallest absolute Gasteiger partial charge is 0.174 e. The molecule has 2 atom stereocenters. The number of fused-ring (bicyclic) bond motifs is 1. The van der Waals surface area contributed by atoms with Crippen molar-refractivity contribution in [2.75, 3.05) is 46.1 Å². The van der Waals surface area contributed by atoms with Gasteiger partial charge in [0.15, 0.2) is 17.6 Å². The summed E-state index contributed by atoms with van der Waals surface area (Å²) in [5, 5.41) is 14.1. The maximum atomic E-state index is 10.0. The molecule has 2 aliphatic heterocycles. The van der Waals surface area contributed by atoms with Gasteiger partial charge in [-0.3, -0.25) is 0 Å². The molecular weight excluding hydrogens is 312 g/mol. The molecule has 0 bridgehead atoms. The highest BCUT2D eigenvalue weighted by Crippen LogP contribution is 2.31. The molecule has 2 N–H and O–H groups in total. The van der Waals surface area contributed by atoms with Crippen molar-refractivity contribution in [1.82, 2.24) is 0 Å². The van der Waals surface area contributed by atoms with E-state index in [-0.39, 0.29) is 12.7 Å². The summed E-state index contributed by atoms with van der Waals surface area (Å²) >= 11 is 0. The number of nitrogens with one attached hydrogen (secondary N) is 1. The summed E-state index contributed by atoms with van der Waals surface area (Å²) in [5.74, 6) is 1.45. The second-order valence-corrected chi connectivity index (χ2v) is 6.11. The van der Waals surface area contributed by atoms with Gasteiger partial charge in [-0.05, 0) is 19.1 Å². The third kappa shape index (κ3) is 4.59. The van der Waals surface area contributed by atoms with Crippen LogP contribution in [0.15, 0.2) is 29.4 Å². The van der Waals surface area contributed by atoms with Crippen LogP contribution in [0.25, 0.3) is 0 Å². The van der Waals surface area contributed by atoms with Crippen molar-refractivity contribution in [2.24, 2.45) is 5.16 Å². The average molecular weight is 337 g/mol. The monoisotopic (exact) mass is 337 g/mol. The standard InChI is InChI=1S/C17H24N2O5/c1-13(17-12-22-15-4-2-3-5-16(15)24-17)18-23-11-14(20)10-19-6-8-21-9-7-19/h2-5,14,17,20H,6-12H2,1H3/p+1/b18-13-/t14-,17-/m0/s1. The first-order valence-electron chi connectivity index (χ1n) is 8.36. The zero-order chi connectivity index (χ0) is 16.8. The highest BCUT2D eigenvalue weighted by molar-refractivity contribution is 5.86. The number of benzene rings is 1. The van der Waals surface area contributed by atoms with E-state index in [9.17, 15) is 5.11 Å². The van der Waals surface area contributed by atoms with Gasteiger partial charge in [0.25, 0.3) is 0 Å². The largest absolute Gasteiger partial charge is 0.485 e. The molecular formula is C17H25N2O5+. The number of quaternary nitrogens is 1. The molecule has 0 saturated carbocycles. The van der Waals surface area contributed by atoms with E-state index in [1.807, 2.05) is 31.2 Å². The number of rotatable bonds is 6. The van der Waals surface area contributed by atoms with Gasteiger partial charge in [-0.2, -0.15) is 0 Å². The normalized spacial score (nSPS) is 22.9. The van der Waals surface area contributed by atoms with Gasteiger partial charge in [0.1, 0.15) is 39.0 Å². The van der Waals surface area contributed by atoms with Crippen LogP contribution in [0, 0.1) is 0 Å². The molecule has 0 aliphatic carbocycles. The number of nitrogens with zero attached hydrogens (tertiary/aromatic N) is 1. The van der Waals surface area contributed by atoms with Crippen LogP contribution in [0.3, 0.4) is 0 Å². The summed E-state index contributed by atoms with van der Waals surface area (Å²) in [6.45, 7) is 6.40. The number of oxime groups is 1. The van der Waals surface area contributed by atoms with Crippen molar-refractivity contribution in [2.45, 2.75) is 19.1 Å². The van der Waals surface area contributed by atoms with Gasteiger partial charge < -0.3 is 29.1 Å². The first-order valence-corrected chi connectivity index (χ1v) is 8.36. The zero-order valence-electron chi connectivity index (χ0n) is 13.9. The quantitative estimate of drug-likeness (QED) is 0.541. The summed E-state index contributed by atoms with van der Waals surface area (Å²) < 4.78 is 16.8. The Morgan fingerprint density at radius 2 is 2.08 bits per heavy atom. The van der Waals surface area contributed by atoms with E-state index < -0.39 is 6.10 Å². The van der Waals surface area contributed by atoms with Crippen LogP contribution in [0.5, 0.6) is 11.5 Å². The predicted octanol–water partition coefficient (Wildman–Crippen LogP) is -0.505. The number of morpholine rings is 1. The number of para-hydroxylation sites is 2. The Kier molecular flexibility index (Phi) is 5.90. The van der Waals surface area contributed by atoms with Crippen molar-refractivity contribution in [1.29, 1.82) is 0 Å². The highest BCUT2D eigenvalue weighted by Gasteiger charge is 2.24. The lowest BCUT2D eigenvalue weighted by Gasteiger charge is -2.26. The van der Waals surface area contributed by atoms with E-state index in [0.717, 1.165) is 32.1 Å². The molecule has 1 aromatic carbocycles. The van der Waals surface area contributed by atoms with Crippen LogP contribution in [-0.2, 0) is 9.57 Å². The molecule has 3 rings (SSSR count). The first-order chi connectivity index (χ1) is 11.7. The summed E-state index contributed by atoms with van der Waals surface area (Å²) in [7, 11) is 0. The van der Waals surface area contributed by atoms with E-state index in [0.29, 0.717) is 24.6 Å². The Balaban J connectivity index is 1.43. The maximum absolute atomic E-state index is 10.0. The van der Waals surface area contributed by atoms with Crippen LogP contribution in [0.1, 0.15) is 6.92 Å². The van der Waals surface area contributed by atoms with Gasteiger partial charge in [0, 0.05) is 0 Å². The molecule has 132 valence electrons. The number of aliphatic hydroxyl groups is 1. The number of hydrogen-bond acceptors (Lipinski definition) is 6. The molecule has 0 amide bonds. The summed E-state index contributed by atoms with van der Waals surface area (Å²) in [6.07, 6.45) is -0.819. The predicted molar refractivity (Wildman–Crippen MR) is 87.8 cm³/mol. The molecule has 2 aliphatic rings. The maximum Gasteiger partial charge on any atom is 0.174 e. The summed E-state index contributed by atoms with van der Waals surface area (Å²) in [5.41, 5.74) is 0.690. The van der Waals surface area contributed by atoms with Gasteiger partial charge in [0.05, 0.1) is 18.9 Å². The fourth-order valence-electron chi connectivity index (χ4n) is 2.77. The fraction of sp³-hybridized carbons (Fsp3) is 0.588. The third-order valence-corrected chi connectivity index (χ3v) is 4.17. The third-order valence-electron chi connectivity index (χ3n) is 4.17. The van der Waals surface area contributed by atoms with Crippen molar-refractivity contribution in [3.05, 3.63) is 24.3 Å². The van der Waals surface area contributed by atoms with Gasteiger partial charge in [-0.25, -0.2) is 0 Å². The lowest BCUT2D eigenvalue weighted by atomic mass is 10.2. The Morgan fingerprint density at radius 3 is 2.88 bits per heavy atom. The first kappa shape index (κ1) is 17.0. The number of ether oxygens (including phenoxy) is 3. The molecule has 2 heterocycles. The topological polar surface area (TPSA) is 74.0 Å². The highest BCUT2D eigenvalue weighted by atomic mass is 16.6. The van der Waals surface area contributed by atoms with E-state index >= 15 is 0 Å². The minimum absolute atomic E-state index is 0.172. The van der Waals surface area contributed by atoms with Gasteiger partial charge in [0.2, 0.25) is 0 Å². The fourth-order valence-corrected chi connectivity index (χ4v) is 2.77. The van der Waals surface area contributed by atoms with Crippen LogP contribution in [0.4, 0.5) is 0 Å². The molecule has 0 radical (unpaired) electrons. The van der Waals surface area contributed by atoms with Crippen LogP contribution >= 0.6 is 0 Å². The van der Waals surface area contributed by atoms with Crippen molar-refractivity contribution in [3.63, 3.8) is 0 Å². The van der Waals surface area contributed by atoms with Crippen molar-refractivity contribution in [3.8, 4) is 11.5 Å². The van der Waals surface area contributed by atoms with Gasteiger partial charge in [-0.15, -0.1) is 0 Å².